The van der Waals surface area contributed by atoms with Gasteiger partial charge in [-0.2, -0.15) is 0 Å². The Labute approximate surface area is 62.4 Å². The minimum Gasteiger partial charge on any atom is -0.362 e. The maximum Gasteiger partial charge on any atom is 0.105 e. The fourth-order valence-electron chi connectivity index (χ4n) is 0.840. The molecule has 1 heteroatoms. The molecule has 1 rings (SSSR count). The van der Waals surface area contributed by atoms with E-state index in [1.807, 2.05) is 25.2 Å². The van der Waals surface area contributed by atoms with Crippen LogP contribution in [0.15, 0.2) is 24.3 Å². The van der Waals surface area contributed by atoms with E-state index in [2.05, 4.69) is 19.9 Å². The predicted molar refractivity (Wildman–Crippen MR) is 42.9 cm³/mol. The Kier molecular flexibility index (Phi) is 1.95. The van der Waals surface area contributed by atoms with Crippen molar-refractivity contribution in [2.45, 2.75) is 32.5 Å². The van der Waals surface area contributed by atoms with E-state index in [-0.39, 0.29) is 5.60 Å². The zero-order valence-corrected chi connectivity index (χ0v) is 6.79. The van der Waals surface area contributed by atoms with E-state index < -0.39 is 0 Å². The Morgan fingerprint density at radius 1 is 1.30 bits per heavy atom. The molecule has 1 aliphatic rings. The Morgan fingerprint density at radius 3 is 2.30 bits per heavy atom. The second-order valence-corrected chi connectivity index (χ2v) is 3.05. The first-order chi connectivity index (χ1) is 4.67. The van der Waals surface area contributed by atoms with Gasteiger partial charge in [-0.05, 0) is 20.8 Å². The van der Waals surface area contributed by atoms with Crippen LogP contribution in [0.3, 0.4) is 0 Å². The zero-order valence-electron chi connectivity index (χ0n) is 6.79. The van der Waals surface area contributed by atoms with Gasteiger partial charge < -0.3 is 4.74 Å². The molecule has 0 aliphatic carbocycles. The van der Waals surface area contributed by atoms with Crippen molar-refractivity contribution in [2.75, 3.05) is 0 Å². The maximum absolute atomic E-state index is 5.33. The summed E-state index contributed by atoms with van der Waals surface area (Å²) >= 11 is 0. The highest BCUT2D eigenvalue weighted by atomic mass is 16.6. The molecule has 0 N–H and O–H groups in total. The van der Waals surface area contributed by atoms with Crippen molar-refractivity contribution in [1.82, 2.24) is 0 Å². The molecule has 0 amide bonds. The molecule has 0 aromatic heterocycles. The lowest BCUT2D eigenvalue weighted by molar-refractivity contribution is 0.333. The third-order valence-electron chi connectivity index (χ3n) is 1.65. The topological polar surface area (TPSA) is 12.5 Å². The predicted octanol–water partition coefficient (Wildman–Crippen LogP) is 2.30. The molecule has 0 radical (unpaired) electrons. The van der Waals surface area contributed by atoms with Crippen molar-refractivity contribution in [2.24, 2.45) is 0 Å². The molecule has 1 nitrogen and oxygen atoms in total. The van der Waals surface area contributed by atoms with Crippen LogP contribution < -0.4 is 0 Å². The number of rotatable bonds is 2. The fraction of sp³-hybridized carbons (Fsp3) is 0.556. The minimum atomic E-state index is 0.0953. The summed E-state index contributed by atoms with van der Waals surface area (Å²) in [6, 6.07) is 0. The molecule has 0 bridgehead atoms. The van der Waals surface area contributed by atoms with Crippen LogP contribution in [0.4, 0.5) is 0 Å². The van der Waals surface area contributed by atoms with Gasteiger partial charge in [-0.1, -0.05) is 24.3 Å². The van der Waals surface area contributed by atoms with Crippen LogP contribution in [0.2, 0.25) is 0 Å². The highest BCUT2D eigenvalue weighted by Gasteiger charge is 2.45. The summed E-state index contributed by atoms with van der Waals surface area (Å²) in [5.74, 6) is 0. The average Bonchev–Trinajstić information content (AvgIpc) is 2.41. The summed E-state index contributed by atoms with van der Waals surface area (Å²) in [4.78, 5) is 0. The van der Waals surface area contributed by atoms with Crippen LogP contribution >= 0.6 is 0 Å². The average molecular weight is 138 g/mol. The summed E-state index contributed by atoms with van der Waals surface area (Å²) in [6.45, 7) is 6.19. The molecule has 1 fully saturated rings. The first kappa shape index (κ1) is 7.55. The second kappa shape index (κ2) is 2.59. The molecule has 1 saturated heterocycles. The van der Waals surface area contributed by atoms with Crippen molar-refractivity contribution in [1.29, 1.82) is 0 Å². The van der Waals surface area contributed by atoms with Crippen LogP contribution in [0.1, 0.15) is 20.8 Å². The lowest BCUT2D eigenvalue weighted by atomic mass is 10.1. The zero-order chi connectivity index (χ0) is 7.61. The van der Waals surface area contributed by atoms with Crippen molar-refractivity contribution in [3.63, 3.8) is 0 Å². The molecular formula is C9H14O. The van der Waals surface area contributed by atoms with Crippen LogP contribution in [0, 0.1) is 0 Å². The second-order valence-electron chi connectivity index (χ2n) is 3.05. The van der Waals surface area contributed by atoms with Gasteiger partial charge in [0.1, 0.15) is 6.10 Å². The van der Waals surface area contributed by atoms with Gasteiger partial charge >= 0.3 is 0 Å². The molecule has 1 atom stereocenters. The lowest BCUT2D eigenvalue weighted by Crippen LogP contribution is -1.99. The minimum absolute atomic E-state index is 0.0953. The Balaban J connectivity index is 2.30. The van der Waals surface area contributed by atoms with E-state index in [1.54, 1.807) is 0 Å². The third kappa shape index (κ3) is 1.71. The van der Waals surface area contributed by atoms with Gasteiger partial charge in [-0.25, -0.2) is 0 Å². The molecule has 0 aromatic carbocycles. The molecular weight excluding hydrogens is 124 g/mol. The van der Waals surface area contributed by atoms with Crippen molar-refractivity contribution < 1.29 is 4.74 Å². The molecule has 0 aromatic rings. The van der Waals surface area contributed by atoms with Gasteiger partial charge in [-0.15, -0.1) is 0 Å². The van der Waals surface area contributed by atoms with Crippen molar-refractivity contribution >= 4 is 0 Å². The monoisotopic (exact) mass is 138 g/mol. The number of ether oxygens (including phenoxy) is 1. The molecule has 1 aliphatic heterocycles. The molecule has 0 saturated carbocycles. The summed E-state index contributed by atoms with van der Waals surface area (Å²) in [5, 5.41) is 0. The number of epoxide rings is 1. The summed E-state index contributed by atoms with van der Waals surface area (Å²) in [7, 11) is 0. The molecule has 56 valence electrons. The molecule has 0 spiro atoms. The van der Waals surface area contributed by atoms with E-state index in [0.29, 0.717) is 6.10 Å². The van der Waals surface area contributed by atoms with Gasteiger partial charge in [0, 0.05) is 0 Å². The standard InChI is InChI=1S/C9H14O/c1-4-5-6-7-8-9(2,3)10-8/h4-8H,1-3H3. The van der Waals surface area contributed by atoms with E-state index >= 15 is 0 Å². The molecule has 1 heterocycles. The summed E-state index contributed by atoms with van der Waals surface area (Å²) in [6.07, 6.45) is 8.46. The Bertz CT molecular complexity index is 166. The normalized spacial score (nSPS) is 30.1. The van der Waals surface area contributed by atoms with Crippen LogP contribution in [-0.2, 0) is 4.74 Å². The van der Waals surface area contributed by atoms with Crippen molar-refractivity contribution in [3.05, 3.63) is 24.3 Å². The quantitative estimate of drug-likeness (QED) is 0.421. The van der Waals surface area contributed by atoms with Gasteiger partial charge in [0.25, 0.3) is 0 Å². The summed E-state index contributed by atoms with van der Waals surface area (Å²) < 4.78 is 5.33. The van der Waals surface area contributed by atoms with Crippen LogP contribution in [-0.4, -0.2) is 11.7 Å². The largest absolute Gasteiger partial charge is 0.362 e. The first-order valence-electron chi connectivity index (χ1n) is 3.64. The SMILES string of the molecule is CC=CC=CC1OC1(C)C. The smallest absolute Gasteiger partial charge is 0.105 e. The van der Waals surface area contributed by atoms with Crippen LogP contribution in [0.5, 0.6) is 0 Å². The van der Waals surface area contributed by atoms with E-state index in [4.69, 9.17) is 4.74 Å². The van der Waals surface area contributed by atoms with E-state index in [1.165, 1.54) is 0 Å². The van der Waals surface area contributed by atoms with Crippen LogP contribution in [0.25, 0.3) is 0 Å². The van der Waals surface area contributed by atoms with Gasteiger partial charge in [0.05, 0.1) is 5.60 Å². The van der Waals surface area contributed by atoms with Gasteiger partial charge in [0.15, 0.2) is 0 Å². The Hall–Kier alpha value is -0.560. The number of allylic oxidation sites excluding steroid dienone is 3. The Morgan fingerprint density at radius 2 is 1.90 bits per heavy atom. The first-order valence-corrected chi connectivity index (χ1v) is 3.64. The van der Waals surface area contributed by atoms with Gasteiger partial charge in [-0.3, -0.25) is 0 Å². The number of hydrogen-bond acceptors (Lipinski definition) is 1. The third-order valence-corrected chi connectivity index (χ3v) is 1.65. The maximum atomic E-state index is 5.33. The van der Waals surface area contributed by atoms with E-state index in [0.717, 1.165) is 0 Å². The van der Waals surface area contributed by atoms with Crippen molar-refractivity contribution in [3.8, 4) is 0 Å². The summed E-state index contributed by atoms with van der Waals surface area (Å²) in [5.41, 5.74) is 0.0953. The van der Waals surface area contributed by atoms with E-state index in [9.17, 15) is 0 Å². The fourth-order valence-corrected chi connectivity index (χ4v) is 0.840. The molecule has 1 unspecified atom stereocenters. The number of hydrogen-bond donors (Lipinski definition) is 0. The van der Waals surface area contributed by atoms with Gasteiger partial charge in [0.2, 0.25) is 0 Å². The highest BCUT2D eigenvalue weighted by molar-refractivity contribution is 5.13. The lowest BCUT2D eigenvalue weighted by Gasteiger charge is -1.86. The highest BCUT2D eigenvalue weighted by Crippen LogP contribution is 2.35. The molecule has 10 heavy (non-hydrogen) atoms.